The fraction of sp³-hybridized carbons (Fsp3) is 0.318. The number of carbonyl (C=O) groups excluding carboxylic acids is 3. The van der Waals surface area contributed by atoms with Crippen molar-refractivity contribution in [2.45, 2.75) is 19.4 Å². The summed E-state index contributed by atoms with van der Waals surface area (Å²) in [5.41, 5.74) is 0.895. The molecule has 156 valence electrons. The molecule has 0 spiro atoms. The molecule has 30 heavy (non-hydrogen) atoms. The molecule has 1 atom stereocenters. The molecule has 1 saturated heterocycles. The quantitative estimate of drug-likeness (QED) is 0.824. The second-order valence-electron chi connectivity index (χ2n) is 7.25. The maximum absolute atomic E-state index is 13.2. The van der Waals surface area contributed by atoms with Crippen LogP contribution >= 0.6 is 0 Å². The zero-order valence-electron chi connectivity index (χ0n) is 16.7. The minimum absolute atomic E-state index is 0.187. The molecule has 1 N–H and O–H groups in total. The third-order valence-corrected chi connectivity index (χ3v) is 5.16. The maximum Gasteiger partial charge on any atom is 0.415 e. The number of hydrogen-bond donors (Lipinski definition) is 1. The van der Waals surface area contributed by atoms with Crippen LogP contribution in [0.15, 0.2) is 48.5 Å². The summed E-state index contributed by atoms with van der Waals surface area (Å²) in [4.78, 5) is 40.8. The highest BCUT2D eigenvalue weighted by Gasteiger charge is 2.30. The van der Waals surface area contributed by atoms with E-state index in [-0.39, 0.29) is 11.8 Å². The third kappa shape index (κ3) is 4.07. The summed E-state index contributed by atoms with van der Waals surface area (Å²) in [6, 6.07) is 14.0. The van der Waals surface area contributed by atoms with E-state index < -0.39 is 12.2 Å². The monoisotopic (exact) mass is 409 g/mol. The molecule has 0 aliphatic carbocycles. The lowest BCUT2D eigenvalue weighted by Crippen LogP contribution is -2.39. The van der Waals surface area contributed by atoms with E-state index in [1.54, 1.807) is 59.2 Å². The molecule has 0 aromatic heterocycles. The van der Waals surface area contributed by atoms with Gasteiger partial charge in [-0.1, -0.05) is 24.3 Å². The summed E-state index contributed by atoms with van der Waals surface area (Å²) < 4.78 is 11.1. The summed E-state index contributed by atoms with van der Waals surface area (Å²) in [5, 5.41) is 2.76. The van der Waals surface area contributed by atoms with Crippen molar-refractivity contribution < 1.29 is 23.9 Å². The van der Waals surface area contributed by atoms with Crippen LogP contribution in [0.25, 0.3) is 0 Å². The average Bonchev–Trinajstić information content (AvgIpc) is 3.01. The number of ether oxygens (including phenoxy) is 2. The van der Waals surface area contributed by atoms with Crippen molar-refractivity contribution in [2.24, 2.45) is 0 Å². The second-order valence-corrected chi connectivity index (χ2v) is 7.25. The highest BCUT2D eigenvalue weighted by molar-refractivity contribution is 6.04. The van der Waals surface area contributed by atoms with Crippen molar-refractivity contribution in [2.75, 3.05) is 31.5 Å². The first-order valence-electron chi connectivity index (χ1n) is 9.94. The molecule has 0 bridgehead atoms. The SMILES string of the molecule is C[C@@H]1Oc2c(cccc2C(=O)N2CCCN(C(=O)Oc3ccccc3)CC2)NC1=O. The zero-order chi connectivity index (χ0) is 21.1. The number of fused-ring (bicyclic) bond motifs is 1. The first-order chi connectivity index (χ1) is 14.5. The molecule has 2 aromatic rings. The molecule has 0 radical (unpaired) electrons. The molecule has 8 heteroatoms. The van der Waals surface area contributed by atoms with Crippen LogP contribution in [0.5, 0.6) is 11.5 Å². The molecule has 2 aliphatic rings. The molecule has 2 aliphatic heterocycles. The van der Waals surface area contributed by atoms with E-state index in [4.69, 9.17) is 9.47 Å². The van der Waals surface area contributed by atoms with Crippen molar-refractivity contribution in [3.05, 3.63) is 54.1 Å². The summed E-state index contributed by atoms with van der Waals surface area (Å²) >= 11 is 0. The number of benzene rings is 2. The maximum atomic E-state index is 13.2. The molecule has 2 heterocycles. The zero-order valence-corrected chi connectivity index (χ0v) is 16.7. The van der Waals surface area contributed by atoms with Gasteiger partial charge in [-0.3, -0.25) is 9.59 Å². The number of para-hydroxylation sites is 2. The van der Waals surface area contributed by atoms with E-state index in [9.17, 15) is 14.4 Å². The van der Waals surface area contributed by atoms with E-state index >= 15 is 0 Å². The Hall–Kier alpha value is -3.55. The smallest absolute Gasteiger partial charge is 0.415 e. The molecule has 2 aromatic carbocycles. The molecule has 8 nitrogen and oxygen atoms in total. The van der Waals surface area contributed by atoms with Gasteiger partial charge in [-0.2, -0.15) is 0 Å². The number of rotatable bonds is 2. The van der Waals surface area contributed by atoms with E-state index in [0.717, 1.165) is 0 Å². The summed E-state index contributed by atoms with van der Waals surface area (Å²) in [5.74, 6) is 0.450. The van der Waals surface area contributed by atoms with Gasteiger partial charge in [-0.25, -0.2) is 4.79 Å². The van der Waals surface area contributed by atoms with Gasteiger partial charge < -0.3 is 24.6 Å². The van der Waals surface area contributed by atoms with Gasteiger partial charge in [-0.15, -0.1) is 0 Å². The summed E-state index contributed by atoms with van der Waals surface area (Å²) in [6.45, 7) is 3.42. The Morgan fingerprint density at radius 3 is 2.53 bits per heavy atom. The summed E-state index contributed by atoms with van der Waals surface area (Å²) in [7, 11) is 0. The van der Waals surface area contributed by atoms with Gasteiger partial charge in [-0.05, 0) is 37.6 Å². The van der Waals surface area contributed by atoms with Gasteiger partial charge in [0.1, 0.15) is 5.75 Å². The van der Waals surface area contributed by atoms with Crippen molar-refractivity contribution in [1.29, 1.82) is 0 Å². The van der Waals surface area contributed by atoms with Crippen molar-refractivity contribution in [3.8, 4) is 11.5 Å². The Morgan fingerprint density at radius 2 is 1.73 bits per heavy atom. The summed E-state index contributed by atoms with van der Waals surface area (Å²) in [6.07, 6.45) is -0.454. The standard InChI is InChI=1S/C22H23N3O5/c1-15-20(26)23-18-10-5-9-17(19(18)29-15)21(27)24-11-6-12-25(14-13-24)22(28)30-16-7-3-2-4-8-16/h2-5,7-10,15H,6,11-14H2,1H3,(H,23,26)/t15-/m0/s1. The Balaban J connectivity index is 1.44. The van der Waals surface area contributed by atoms with Gasteiger partial charge in [0.05, 0.1) is 11.3 Å². The Bertz CT molecular complexity index is 963. The Kier molecular flexibility index (Phi) is 5.56. The normalized spacial score (nSPS) is 18.6. The molecule has 1 fully saturated rings. The van der Waals surface area contributed by atoms with Crippen LogP contribution in [-0.4, -0.2) is 60.0 Å². The van der Waals surface area contributed by atoms with E-state index in [0.29, 0.717) is 55.3 Å². The number of hydrogen-bond acceptors (Lipinski definition) is 5. The number of nitrogens with zero attached hydrogens (tertiary/aromatic N) is 2. The lowest BCUT2D eigenvalue weighted by atomic mass is 10.1. The molecule has 0 saturated carbocycles. The highest BCUT2D eigenvalue weighted by atomic mass is 16.6. The van der Waals surface area contributed by atoms with Crippen molar-refractivity contribution in [1.82, 2.24) is 9.80 Å². The van der Waals surface area contributed by atoms with Gasteiger partial charge in [0.25, 0.3) is 11.8 Å². The van der Waals surface area contributed by atoms with Crippen LogP contribution in [0, 0.1) is 0 Å². The fourth-order valence-corrected chi connectivity index (χ4v) is 3.52. The van der Waals surface area contributed by atoms with Crippen LogP contribution in [0.3, 0.4) is 0 Å². The second kappa shape index (κ2) is 8.44. The van der Waals surface area contributed by atoms with E-state index in [1.165, 1.54) is 0 Å². The van der Waals surface area contributed by atoms with Crippen LogP contribution in [0.4, 0.5) is 10.5 Å². The van der Waals surface area contributed by atoms with Gasteiger partial charge in [0.15, 0.2) is 11.9 Å². The van der Waals surface area contributed by atoms with E-state index in [2.05, 4.69) is 5.32 Å². The highest BCUT2D eigenvalue weighted by Crippen LogP contribution is 2.34. The Labute approximate surface area is 174 Å². The topological polar surface area (TPSA) is 88.2 Å². The van der Waals surface area contributed by atoms with Crippen molar-refractivity contribution in [3.63, 3.8) is 0 Å². The van der Waals surface area contributed by atoms with Crippen LogP contribution in [0.2, 0.25) is 0 Å². The number of amides is 3. The molecule has 0 unspecified atom stereocenters. The molecular formula is C22H23N3O5. The minimum atomic E-state index is -0.668. The average molecular weight is 409 g/mol. The number of anilines is 1. The predicted molar refractivity (Wildman–Crippen MR) is 110 cm³/mol. The molecule has 4 rings (SSSR count). The third-order valence-electron chi connectivity index (χ3n) is 5.16. The minimum Gasteiger partial charge on any atom is -0.478 e. The van der Waals surface area contributed by atoms with Crippen LogP contribution in [-0.2, 0) is 4.79 Å². The first kappa shape index (κ1) is 19.8. The van der Waals surface area contributed by atoms with Crippen LogP contribution in [0.1, 0.15) is 23.7 Å². The number of carbonyl (C=O) groups is 3. The van der Waals surface area contributed by atoms with Gasteiger partial charge in [0.2, 0.25) is 0 Å². The fourth-order valence-electron chi connectivity index (χ4n) is 3.52. The lowest BCUT2D eigenvalue weighted by molar-refractivity contribution is -0.122. The van der Waals surface area contributed by atoms with Gasteiger partial charge in [0, 0.05) is 26.2 Å². The molecular weight excluding hydrogens is 386 g/mol. The van der Waals surface area contributed by atoms with Crippen LogP contribution < -0.4 is 14.8 Å². The Morgan fingerprint density at radius 1 is 1.00 bits per heavy atom. The van der Waals surface area contributed by atoms with E-state index in [1.807, 2.05) is 6.07 Å². The molecule has 3 amide bonds. The number of nitrogens with one attached hydrogen (secondary N) is 1. The largest absolute Gasteiger partial charge is 0.478 e. The predicted octanol–water partition coefficient (Wildman–Crippen LogP) is 2.75. The first-order valence-corrected chi connectivity index (χ1v) is 9.94. The van der Waals surface area contributed by atoms with Gasteiger partial charge >= 0.3 is 6.09 Å². The van der Waals surface area contributed by atoms with Crippen molar-refractivity contribution >= 4 is 23.6 Å². The lowest BCUT2D eigenvalue weighted by Gasteiger charge is -2.27.